The molecular formula is C17H23FN2O. The van der Waals surface area contributed by atoms with E-state index in [9.17, 15) is 9.18 Å². The van der Waals surface area contributed by atoms with Crippen molar-refractivity contribution >= 4 is 5.91 Å². The van der Waals surface area contributed by atoms with E-state index in [1.807, 2.05) is 11.0 Å². The van der Waals surface area contributed by atoms with E-state index < -0.39 is 5.41 Å². The second-order valence-corrected chi connectivity index (χ2v) is 7.20. The van der Waals surface area contributed by atoms with Gasteiger partial charge in [0.15, 0.2) is 0 Å². The lowest BCUT2D eigenvalue weighted by Crippen LogP contribution is -2.55. The molecule has 0 aromatic heterocycles. The Hall–Kier alpha value is -1.42. The van der Waals surface area contributed by atoms with Crippen LogP contribution in [0.2, 0.25) is 0 Å². The molecule has 4 heteroatoms. The van der Waals surface area contributed by atoms with Crippen LogP contribution in [0.5, 0.6) is 0 Å². The lowest BCUT2D eigenvalue weighted by molar-refractivity contribution is -0.137. The molecule has 1 aromatic carbocycles. The predicted octanol–water partition coefficient (Wildman–Crippen LogP) is 2.44. The number of rotatable bonds is 2. The molecule has 21 heavy (non-hydrogen) atoms. The van der Waals surface area contributed by atoms with Gasteiger partial charge in [0.05, 0.1) is 5.41 Å². The molecule has 0 spiro atoms. The van der Waals surface area contributed by atoms with Crippen LogP contribution in [0.15, 0.2) is 24.3 Å². The van der Waals surface area contributed by atoms with Gasteiger partial charge in [-0.15, -0.1) is 0 Å². The first kappa shape index (κ1) is 14.5. The van der Waals surface area contributed by atoms with Crippen LogP contribution in [0.3, 0.4) is 0 Å². The molecule has 1 atom stereocenters. The Morgan fingerprint density at radius 2 is 2.10 bits per heavy atom. The lowest BCUT2D eigenvalue weighted by atomic mass is 9.79. The number of carbonyl (C=O) groups excluding carboxylic acids is 1. The average molecular weight is 290 g/mol. The molecule has 2 fully saturated rings. The molecule has 1 aromatic rings. The first-order valence-corrected chi connectivity index (χ1v) is 7.66. The average Bonchev–Trinajstić information content (AvgIpc) is 3.22. The molecule has 1 aliphatic heterocycles. The highest BCUT2D eigenvalue weighted by Gasteiger charge is 2.54. The van der Waals surface area contributed by atoms with Crippen LogP contribution >= 0.6 is 0 Å². The fourth-order valence-electron chi connectivity index (χ4n) is 3.39. The zero-order valence-electron chi connectivity index (χ0n) is 12.7. The molecule has 1 aliphatic carbocycles. The minimum Gasteiger partial charge on any atom is -0.341 e. The summed E-state index contributed by atoms with van der Waals surface area (Å²) < 4.78 is 13.5. The number of hydrogen-bond acceptors (Lipinski definition) is 2. The Bertz CT molecular complexity index is 566. The topological polar surface area (TPSA) is 46.3 Å². The quantitative estimate of drug-likeness (QED) is 0.909. The van der Waals surface area contributed by atoms with E-state index in [1.54, 1.807) is 6.07 Å². The minimum atomic E-state index is -0.486. The number of carbonyl (C=O) groups is 1. The van der Waals surface area contributed by atoms with Gasteiger partial charge in [-0.25, -0.2) is 4.39 Å². The summed E-state index contributed by atoms with van der Waals surface area (Å²) in [6.45, 7) is 5.61. The summed E-state index contributed by atoms with van der Waals surface area (Å²) in [5.41, 5.74) is 6.41. The van der Waals surface area contributed by atoms with E-state index in [2.05, 4.69) is 13.8 Å². The molecule has 0 radical (unpaired) electrons. The van der Waals surface area contributed by atoms with E-state index in [4.69, 9.17) is 5.73 Å². The van der Waals surface area contributed by atoms with E-state index in [0.717, 1.165) is 24.8 Å². The van der Waals surface area contributed by atoms with Crippen LogP contribution in [-0.2, 0) is 10.2 Å². The fraction of sp³-hybridized carbons (Fsp3) is 0.588. The Kier molecular flexibility index (Phi) is 3.32. The van der Waals surface area contributed by atoms with Crippen molar-refractivity contribution in [3.63, 3.8) is 0 Å². The number of benzene rings is 1. The molecule has 0 bridgehead atoms. The maximum atomic E-state index is 13.5. The normalized spacial score (nSPS) is 26.5. The Morgan fingerprint density at radius 1 is 1.38 bits per heavy atom. The second-order valence-electron chi connectivity index (χ2n) is 7.20. The van der Waals surface area contributed by atoms with Crippen molar-refractivity contribution in [2.24, 2.45) is 11.1 Å². The van der Waals surface area contributed by atoms with Gasteiger partial charge >= 0.3 is 0 Å². The van der Waals surface area contributed by atoms with Gasteiger partial charge in [-0.1, -0.05) is 26.0 Å². The summed E-state index contributed by atoms with van der Waals surface area (Å²) in [5, 5.41) is 0. The maximum absolute atomic E-state index is 13.5. The molecule has 2 aliphatic rings. The van der Waals surface area contributed by atoms with Crippen molar-refractivity contribution in [2.75, 3.05) is 13.1 Å². The van der Waals surface area contributed by atoms with Crippen molar-refractivity contribution < 1.29 is 9.18 Å². The summed E-state index contributed by atoms with van der Waals surface area (Å²) in [5.74, 6) is -0.124. The van der Waals surface area contributed by atoms with Crippen molar-refractivity contribution in [3.8, 4) is 0 Å². The number of nitrogens with zero attached hydrogens (tertiary/aromatic N) is 1. The van der Waals surface area contributed by atoms with Crippen LogP contribution in [0.4, 0.5) is 4.39 Å². The van der Waals surface area contributed by atoms with E-state index in [1.165, 1.54) is 12.1 Å². The zero-order chi connectivity index (χ0) is 15.3. The second kappa shape index (κ2) is 4.80. The van der Waals surface area contributed by atoms with Gasteiger partial charge in [-0.05, 0) is 42.4 Å². The summed E-state index contributed by atoms with van der Waals surface area (Å²) in [7, 11) is 0. The van der Waals surface area contributed by atoms with Crippen molar-refractivity contribution in [1.82, 2.24) is 4.90 Å². The van der Waals surface area contributed by atoms with Crippen molar-refractivity contribution in [2.45, 2.75) is 44.6 Å². The van der Waals surface area contributed by atoms with Gasteiger partial charge in [-0.2, -0.15) is 0 Å². The standard InChI is InChI=1S/C17H23FN2O/c1-16(2)11-20(9-6-14(16)19)15(21)17(7-8-17)12-4-3-5-13(18)10-12/h3-5,10,14H,6-9,11,19H2,1-2H3. The maximum Gasteiger partial charge on any atom is 0.233 e. The van der Waals surface area contributed by atoms with Crippen LogP contribution in [0.25, 0.3) is 0 Å². The minimum absolute atomic E-state index is 0.0636. The van der Waals surface area contributed by atoms with Gasteiger partial charge < -0.3 is 10.6 Å². The molecular weight excluding hydrogens is 267 g/mol. The molecule has 3 nitrogen and oxygen atoms in total. The van der Waals surface area contributed by atoms with E-state index >= 15 is 0 Å². The largest absolute Gasteiger partial charge is 0.341 e. The summed E-state index contributed by atoms with van der Waals surface area (Å²) in [6, 6.07) is 6.62. The monoisotopic (exact) mass is 290 g/mol. The van der Waals surface area contributed by atoms with Crippen LogP contribution in [0.1, 0.15) is 38.7 Å². The van der Waals surface area contributed by atoms with Gasteiger partial charge in [-0.3, -0.25) is 4.79 Å². The third-order valence-electron chi connectivity index (χ3n) is 5.14. The highest BCUT2D eigenvalue weighted by Crippen LogP contribution is 2.50. The molecule has 114 valence electrons. The first-order chi connectivity index (χ1) is 9.85. The molecule has 1 saturated heterocycles. The Balaban J connectivity index is 1.82. The number of likely N-dealkylation sites (tertiary alicyclic amines) is 1. The van der Waals surface area contributed by atoms with Crippen LogP contribution < -0.4 is 5.73 Å². The number of halogens is 1. The summed E-state index contributed by atoms with van der Waals surface area (Å²) >= 11 is 0. The third-order valence-corrected chi connectivity index (χ3v) is 5.14. The zero-order valence-corrected chi connectivity index (χ0v) is 12.7. The van der Waals surface area contributed by atoms with Crippen molar-refractivity contribution in [3.05, 3.63) is 35.6 Å². The summed E-state index contributed by atoms with van der Waals surface area (Å²) in [6.07, 6.45) is 2.47. The number of nitrogens with two attached hydrogens (primary N) is 1. The molecule has 1 saturated carbocycles. The van der Waals surface area contributed by atoms with E-state index in [0.29, 0.717) is 13.1 Å². The SMILES string of the molecule is CC1(C)CN(C(=O)C2(c3cccc(F)c3)CC2)CCC1N. The van der Waals surface area contributed by atoms with Crippen LogP contribution in [0, 0.1) is 11.2 Å². The fourth-order valence-corrected chi connectivity index (χ4v) is 3.39. The van der Waals surface area contributed by atoms with Gasteiger partial charge in [0.25, 0.3) is 0 Å². The molecule has 1 heterocycles. The van der Waals surface area contributed by atoms with Crippen molar-refractivity contribution in [1.29, 1.82) is 0 Å². The van der Waals surface area contributed by atoms with Crippen LogP contribution in [-0.4, -0.2) is 29.9 Å². The smallest absolute Gasteiger partial charge is 0.233 e. The number of amides is 1. The summed E-state index contributed by atoms with van der Waals surface area (Å²) in [4.78, 5) is 14.9. The molecule has 2 N–H and O–H groups in total. The highest BCUT2D eigenvalue weighted by atomic mass is 19.1. The molecule has 3 rings (SSSR count). The lowest BCUT2D eigenvalue weighted by Gasteiger charge is -2.43. The predicted molar refractivity (Wildman–Crippen MR) is 80.3 cm³/mol. The van der Waals surface area contributed by atoms with E-state index in [-0.39, 0.29) is 23.2 Å². The first-order valence-electron chi connectivity index (χ1n) is 7.66. The highest BCUT2D eigenvalue weighted by molar-refractivity contribution is 5.91. The molecule has 1 amide bonds. The van der Waals surface area contributed by atoms with Gasteiger partial charge in [0, 0.05) is 19.1 Å². The number of hydrogen-bond donors (Lipinski definition) is 1. The Morgan fingerprint density at radius 3 is 2.67 bits per heavy atom. The number of piperidine rings is 1. The third kappa shape index (κ3) is 2.46. The van der Waals surface area contributed by atoms with Gasteiger partial charge in [0.1, 0.15) is 5.82 Å². The molecule has 1 unspecified atom stereocenters. The Labute approximate surface area is 125 Å². The van der Waals surface area contributed by atoms with Gasteiger partial charge in [0.2, 0.25) is 5.91 Å².